The van der Waals surface area contributed by atoms with E-state index in [4.69, 9.17) is 11.6 Å². The molecule has 0 aliphatic carbocycles. The van der Waals surface area contributed by atoms with Crippen LogP contribution < -0.4 is 10.9 Å². The van der Waals surface area contributed by atoms with Crippen LogP contribution in [0.2, 0.25) is 5.28 Å². The second-order valence-electron chi connectivity index (χ2n) is 4.90. The Kier molecular flexibility index (Phi) is 4.96. The summed E-state index contributed by atoms with van der Waals surface area (Å²) in [6.45, 7) is 6.02. The number of aromatic nitrogens is 3. The molecule has 0 saturated heterocycles. The second-order valence-corrected chi connectivity index (χ2v) is 5.24. The molecule has 0 amide bonds. The normalized spacial score (nSPS) is 10.9. The van der Waals surface area contributed by atoms with Gasteiger partial charge in [0, 0.05) is 24.0 Å². The van der Waals surface area contributed by atoms with E-state index in [2.05, 4.69) is 29.1 Å². The maximum Gasteiger partial charge on any atom is 0.274 e. The van der Waals surface area contributed by atoms with Crippen LogP contribution >= 0.6 is 11.6 Å². The number of halogens is 1. The van der Waals surface area contributed by atoms with Crippen molar-refractivity contribution in [2.75, 3.05) is 5.32 Å². The molecule has 0 aliphatic rings. The van der Waals surface area contributed by atoms with Crippen molar-refractivity contribution < 1.29 is 0 Å². The van der Waals surface area contributed by atoms with Crippen LogP contribution in [0.5, 0.6) is 0 Å². The van der Waals surface area contributed by atoms with Crippen molar-refractivity contribution in [1.29, 1.82) is 0 Å². The van der Waals surface area contributed by atoms with Crippen molar-refractivity contribution in [3.63, 3.8) is 0 Å². The molecule has 1 N–H and O–H groups in total. The fraction of sp³-hybridized carbons (Fsp3) is 0.400. The highest BCUT2D eigenvalue weighted by Crippen LogP contribution is 2.18. The summed E-state index contributed by atoms with van der Waals surface area (Å²) in [4.78, 5) is 20.6. The van der Waals surface area contributed by atoms with E-state index in [-0.39, 0.29) is 16.9 Å². The van der Waals surface area contributed by atoms with Gasteiger partial charge >= 0.3 is 0 Å². The lowest BCUT2D eigenvalue weighted by Crippen LogP contribution is -2.25. The molecule has 0 fully saturated rings. The minimum Gasteiger partial charge on any atom is -0.335 e. The van der Waals surface area contributed by atoms with Crippen LogP contribution in [-0.2, 0) is 0 Å². The van der Waals surface area contributed by atoms with E-state index < -0.39 is 0 Å². The van der Waals surface area contributed by atoms with Crippen LogP contribution in [0.15, 0.2) is 29.3 Å². The smallest absolute Gasteiger partial charge is 0.274 e. The summed E-state index contributed by atoms with van der Waals surface area (Å²) in [7, 11) is 0. The largest absolute Gasteiger partial charge is 0.335 e. The number of hydrogen-bond donors (Lipinski definition) is 1. The highest BCUT2D eigenvalue weighted by Gasteiger charge is 2.12. The zero-order valence-electron chi connectivity index (χ0n) is 12.4. The Morgan fingerprint density at radius 3 is 2.76 bits per heavy atom. The van der Waals surface area contributed by atoms with Gasteiger partial charge in [0.15, 0.2) is 0 Å². The van der Waals surface area contributed by atoms with Gasteiger partial charge in [-0.15, -0.1) is 0 Å². The lowest BCUT2D eigenvalue weighted by Gasteiger charge is -2.17. The van der Waals surface area contributed by atoms with Gasteiger partial charge in [0.2, 0.25) is 5.28 Å². The van der Waals surface area contributed by atoms with E-state index in [1.54, 1.807) is 16.8 Å². The predicted molar refractivity (Wildman–Crippen MR) is 85.4 cm³/mol. The van der Waals surface area contributed by atoms with E-state index >= 15 is 0 Å². The molecule has 2 rings (SSSR count). The summed E-state index contributed by atoms with van der Waals surface area (Å²) in [5.74, 6) is 0.550. The molecule has 0 spiro atoms. The maximum absolute atomic E-state index is 12.6. The quantitative estimate of drug-likeness (QED) is 0.856. The summed E-state index contributed by atoms with van der Waals surface area (Å²) < 4.78 is 1.76. The molecule has 5 nitrogen and oxygen atoms in total. The Bertz CT molecular complexity index is 680. The molecule has 0 bridgehead atoms. The number of nitrogens with one attached hydrogen (secondary N) is 1. The molecule has 2 aromatic rings. The van der Waals surface area contributed by atoms with Crippen LogP contribution in [0.1, 0.15) is 38.3 Å². The van der Waals surface area contributed by atoms with Gasteiger partial charge < -0.3 is 9.88 Å². The van der Waals surface area contributed by atoms with Gasteiger partial charge in [0.25, 0.3) is 5.56 Å². The van der Waals surface area contributed by atoms with Gasteiger partial charge in [0.05, 0.1) is 0 Å². The molecule has 0 saturated carbocycles. The molecule has 0 aliphatic heterocycles. The standard InChI is InChI=1S/C15H19ClN4O/c1-4-11(5-2)20-8-6-7-12(14(20)21)18-13-10(3)9-17-15(16)19-13/h6-9,11H,4-5H2,1-3H3,(H,17,18,19). The lowest BCUT2D eigenvalue weighted by molar-refractivity contribution is 0.459. The number of aryl methyl sites for hydroxylation is 1. The number of nitrogens with zero attached hydrogens (tertiary/aromatic N) is 3. The van der Waals surface area contributed by atoms with E-state index in [0.29, 0.717) is 11.5 Å². The highest BCUT2D eigenvalue weighted by molar-refractivity contribution is 6.28. The SMILES string of the molecule is CCC(CC)n1cccc(Nc2nc(Cl)ncc2C)c1=O. The molecule has 0 aromatic carbocycles. The van der Waals surface area contributed by atoms with Crippen molar-refractivity contribution in [1.82, 2.24) is 14.5 Å². The van der Waals surface area contributed by atoms with Crippen molar-refractivity contribution >= 4 is 23.1 Å². The van der Waals surface area contributed by atoms with Gasteiger partial charge in [-0.2, -0.15) is 0 Å². The predicted octanol–water partition coefficient (Wildman–Crippen LogP) is 3.70. The molecule has 2 heterocycles. The summed E-state index contributed by atoms with van der Waals surface area (Å²) in [6, 6.07) is 3.81. The van der Waals surface area contributed by atoms with Crippen LogP contribution in [0, 0.1) is 6.92 Å². The molecule has 2 aromatic heterocycles. The van der Waals surface area contributed by atoms with Crippen LogP contribution in [0.4, 0.5) is 11.5 Å². The van der Waals surface area contributed by atoms with Crippen molar-refractivity contribution in [3.05, 3.63) is 45.7 Å². The first-order valence-corrected chi connectivity index (χ1v) is 7.41. The average molecular weight is 307 g/mol. The molecule has 21 heavy (non-hydrogen) atoms. The minimum atomic E-state index is -0.0552. The number of hydrogen-bond acceptors (Lipinski definition) is 4. The second kappa shape index (κ2) is 6.72. The van der Waals surface area contributed by atoms with E-state index in [1.807, 2.05) is 19.2 Å². The maximum atomic E-state index is 12.6. The Balaban J connectivity index is 2.39. The van der Waals surface area contributed by atoms with Crippen LogP contribution in [0.25, 0.3) is 0 Å². The molecule has 0 atom stereocenters. The monoisotopic (exact) mass is 306 g/mol. The average Bonchev–Trinajstić information content (AvgIpc) is 2.47. The van der Waals surface area contributed by atoms with Crippen LogP contribution in [0.3, 0.4) is 0 Å². The first-order valence-electron chi connectivity index (χ1n) is 7.04. The van der Waals surface area contributed by atoms with Gasteiger partial charge in [-0.05, 0) is 43.5 Å². The lowest BCUT2D eigenvalue weighted by atomic mass is 10.1. The number of anilines is 2. The minimum absolute atomic E-state index is 0.0552. The van der Waals surface area contributed by atoms with Gasteiger partial charge in [0.1, 0.15) is 11.5 Å². The zero-order valence-corrected chi connectivity index (χ0v) is 13.2. The third-order valence-electron chi connectivity index (χ3n) is 3.51. The fourth-order valence-electron chi connectivity index (χ4n) is 2.25. The topological polar surface area (TPSA) is 59.8 Å². The molecule has 112 valence electrons. The fourth-order valence-corrected chi connectivity index (χ4v) is 2.38. The van der Waals surface area contributed by atoms with Crippen molar-refractivity contribution in [3.8, 4) is 0 Å². The van der Waals surface area contributed by atoms with E-state index in [1.165, 1.54) is 0 Å². The Morgan fingerprint density at radius 1 is 1.38 bits per heavy atom. The summed E-state index contributed by atoms with van der Waals surface area (Å²) >= 11 is 5.80. The third-order valence-corrected chi connectivity index (χ3v) is 3.69. The first-order chi connectivity index (χ1) is 10.1. The van der Waals surface area contributed by atoms with E-state index in [0.717, 1.165) is 18.4 Å². The molecule has 0 radical (unpaired) electrons. The van der Waals surface area contributed by atoms with Gasteiger partial charge in [-0.25, -0.2) is 9.97 Å². The van der Waals surface area contributed by atoms with Gasteiger partial charge in [-0.3, -0.25) is 4.79 Å². The summed E-state index contributed by atoms with van der Waals surface area (Å²) in [6.07, 6.45) is 5.28. The molecular weight excluding hydrogens is 288 g/mol. The molecule has 6 heteroatoms. The highest BCUT2D eigenvalue weighted by atomic mass is 35.5. The molecule has 0 unspecified atom stereocenters. The van der Waals surface area contributed by atoms with Crippen LogP contribution in [-0.4, -0.2) is 14.5 Å². The molecular formula is C15H19ClN4O. The van der Waals surface area contributed by atoms with Crippen molar-refractivity contribution in [2.45, 2.75) is 39.7 Å². The Labute approximate surface area is 129 Å². The number of pyridine rings is 1. The Morgan fingerprint density at radius 2 is 2.10 bits per heavy atom. The van der Waals surface area contributed by atoms with Crippen molar-refractivity contribution in [2.24, 2.45) is 0 Å². The zero-order chi connectivity index (χ0) is 15.4. The summed E-state index contributed by atoms with van der Waals surface area (Å²) in [5, 5.41) is 3.21. The van der Waals surface area contributed by atoms with E-state index in [9.17, 15) is 4.79 Å². The third kappa shape index (κ3) is 3.42. The Hall–Kier alpha value is -1.88. The number of rotatable bonds is 5. The summed E-state index contributed by atoms with van der Waals surface area (Å²) in [5.41, 5.74) is 1.26. The van der Waals surface area contributed by atoms with Gasteiger partial charge in [-0.1, -0.05) is 13.8 Å². The first kappa shape index (κ1) is 15.5.